The zero-order valence-corrected chi connectivity index (χ0v) is 6.33. The van der Waals surface area contributed by atoms with Crippen LogP contribution in [0.4, 0.5) is 4.79 Å². The molecule has 0 radical (unpaired) electrons. The SMILES string of the molecule is CCNC(=O)SCCN. The van der Waals surface area contributed by atoms with Crippen LogP contribution in [0.3, 0.4) is 0 Å². The Kier molecular flexibility index (Phi) is 5.76. The van der Waals surface area contributed by atoms with Gasteiger partial charge in [-0.1, -0.05) is 11.8 Å². The molecule has 0 bridgehead atoms. The summed E-state index contributed by atoms with van der Waals surface area (Å²) in [6.07, 6.45) is 0. The zero-order valence-electron chi connectivity index (χ0n) is 5.52. The summed E-state index contributed by atoms with van der Waals surface area (Å²) in [5, 5.41) is 2.67. The Morgan fingerprint density at radius 3 is 2.89 bits per heavy atom. The molecule has 0 unspecified atom stereocenters. The Hall–Kier alpha value is -0.220. The molecule has 3 N–H and O–H groups in total. The molecule has 0 aliphatic heterocycles. The van der Waals surface area contributed by atoms with Gasteiger partial charge in [-0.25, -0.2) is 0 Å². The highest BCUT2D eigenvalue weighted by Crippen LogP contribution is 1.97. The summed E-state index contributed by atoms with van der Waals surface area (Å²) in [6, 6.07) is 0. The van der Waals surface area contributed by atoms with Crippen molar-refractivity contribution >= 4 is 17.0 Å². The van der Waals surface area contributed by atoms with Gasteiger partial charge in [0.2, 0.25) is 0 Å². The lowest BCUT2D eigenvalue weighted by atomic mass is 10.8. The molecular formula is C5H12N2OS. The third-order valence-corrected chi connectivity index (χ3v) is 1.52. The summed E-state index contributed by atoms with van der Waals surface area (Å²) in [4.78, 5) is 10.6. The molecule has 0 atom stereocenters. The van der Waals surface area contributed by atoms with Crippen molar-refractivity contribution in [2.24, 2.45) is 5.73 Å². The smallest absolute Gasteiger partial charge is 0.279 e. The van der Waals surface area contributed by atoms with Crippen LogP contribution in [0.5, 0.6) is 0 Å². The van der Waals surface area contributed by atoms with Gasteiger partial charge in [0.1, 0.15) is 0 Å². The minimum absolute atomic E-state index is 0.0166. The maximum absolute atomic E-state index is 10.6. The number of carbonyl (C=O) groups excluding carboxylic acids is 1. The van der Waals surface area contributed by atoms with E-state index in [0.717, 1.165) is 0 Å². The molecule has 54 valence electrons. The predicted molar refractivity (Wildman–Crippen MR) is 40.6 cm³/mol. The van der Waals surface area contributed by atoms with Crippen molar-refractivity contribution in [3.05, 3.63) is 0 Å². The molecule has 0 aliphatic rings. The van der Waals surface area contributed by atoms with Crippen molar-refractivity contribution < 1.29 is 4.79 Å². The molecule has 0 fully saturated rings. The van der Waals surface area contributed by atoms with E-state index in [1.165, 1.54) is 11.8 Å². The van der Waals surface area contributed by atoms with Crippen LogP contribution in [0.2, 0.25) is 0 Å². The van der Waals surface area contributed by atoms with Crippen LogP contribution in [0.15, 0.2) is 0 Å². The molecule has 3 nitrogen and oxygen atoms in total. The standard InChI is InChI=1S/C5H12N2OS/c1-2-7-5(8)9-4-3-6/h2-4,6H2,1H3,(H,7,8). The maximum atomic E-state index is 10.6. The highest BCUT2D eigenvalue weighted by molar-refractivity contribution is 8.13. The lowest BCUT2D eigenvalue weighted by molar-refractivity contribution is 0.261. The van der Waals surface area contributed by atoms with E-state index in [4.69, 9.17) is 5.73 Å². The van der Waals surface area contributed by atoms with E-state index in [1.807, 2.05) is 6.92 Å². The van der Waals surface area contributed by atoms with Crippen LogP contribution in [-0.4, -0.2) is 24.1 Å². The third-order valence-electron chi connectivity index (χ3n) is 0.672. The molecule has 4 heteroatoms. The third kappa shape index (κ3) is 5.65. The Morgan fingerprint density at radius 1 is 1.78 bits per heavy atom. The quantitative estimate of drug-likeness (QED) is 0.609. The largest absolute Gasteiger partial charge is 0.347 e. The van der Waals surface area contributed by atoms with Crippen molar-refractivity contribution in [3.63, 3.8) is 0 Å². The van der Waals surface area contributed by atoms with Crippen LogP contribution >= 0.6 is 11.8 Å². The first-order valence-corrected chi connectivity index (χ1v) is 3.90. The van der Waals surface area contributed by atoms with Gasteiger partial charge in [0.25, 0.3) is 5.24 Å². The summed E-state index contributed by atoms with van der Waals surface area (Å²) in [5.41, 5.74) is 5.17. The second-order valence-electron chi connectivity index (χ2n) is 1.45. The molecule has 0 aromatic rings. The molecule has 0 aromatic heterocycles. The summed E-state index contributed by atoms with van der Waals surface area (Å²) < 4.78 is 0. The summed E-state index contributed by atoms with van der Waals surface area (Å²) in [5.74, 6) is 0.700. The van der Waals surface area contributed by atoms with Crippen molar-refractivity contribution in [2.45, 2.75) is 6.92 Å². The molecule has 9 heavy (non-hydrogen) atoms. The van der Waals surface area contributed by atoms with Crippen molar-refractivity contribution in [1.82, 2.24) is 5.32 Å². The maximum Gasteiger partial charge on any atom is 0.279 e. The fraction of sp³-hybridized carbons (Fsp3) is 0.800. The highest BCUT2D eigenvalue weighted by atomic mass is 32.2. The zero-order chi connectivity index (χ0) is 7.11. The van der Waals surface area contributed by atoms with Gasteiger partial charge in [0, 0.05) is 18.8 Å². The lowest BCUT2D eigenvalue weighted by Crippen LogP contribution is -2.19. The number of rotatable bonds is 3. The summed E-state index contributed by atoms with van der Waals surface area (Å²) in [7, 11) is 0. The number of hydrogen-bond donors (Lipinski definition) is 2. The van der Waals surface area contributed by atoms with E-state index >= 15 is 0 Å². The Bertz CT molecular complexity index is 87.0. The lowest BCUT2D eigenvalue weighted by Gasteiger charge is -1.97. The van der Waals surface area contributed by atoms with Crippen LogP contribution in [0.1, 0.15) is 6.92 Å². The van der Waals surface area contributed by atoms with Crippen molar-refractivity contribution in [1.29, 1.82) is 0 Å². The number of nitrogens with two attached hydrogens (primary N) is 1. The van der Waals surface area contributed by atoms with Gasteiger partial charge >= 0.3 is 0 Å². The topological polar surface area (TPSA) is 55.1 Å². The first-order valence-electron chi connectivity index (χ1n) is 2.92. The van der Waals surface area contributed by atoms with Crippen LogP contribution in [0, 0.1) is 0 Å². The monoisotopic (exact) mass is 148 g/mol. The van der Waals surface area contributed by atoms with E-state index in [0.29, 0.717) is 18.8 Å². The molecule has 0 aromatic carbocycles. The average Bonchev–Trinajstić information content (AvgIpc) is 1.85. The van der Waals surface area contributed by atoms with Gasteiger partial charge in [-0.05, 0) is 6.92 Å². The second kappa shape index (κ2) is 5.91. The number of nitrogens with one attached hydrogen (secondary N) is 1. The Balaban J connectivity index is 3.06. The molecular weight excluding hydrogens is 136 g/mol. The van der Waals surface area contributed by atoms with Crippen LogP contribution in [0.25, 0.3) is 0 Å². The molecule has 0 spiro atoms. The van der Waals surface area contributed by atoms with Gasteiger partial charge in [0.15, 0.2) is 0 Å². The fourth-order valence-electron chi connectivity index (χ4n) is 0.347. The number of amides is 1. The molecule has 0 saturated heterocycles. The van der Waals surface area contributed by atoms with E-state index < -0.39 is 0 Å². The molecule has 1 amide bonds. The molecule has 0 saturated carbocycles. The minimum Gasteiger partial charge on any atom is -0.347 e. The molecule has 0 aliphatic carbocycles. The van der Waals surface area contributed by atoms with Gasteiger partial charge in [-0.2, -0.15) is 0 Å². The second-order valence-corrected chi connectivity index (χ2v) is 2.52. The van der Waals surface area contributed by atoms with E-state index in [9.17, 15) is 4.79 Å². The number of carbonyl (C=O) groups is 1. The summed E-state index contributed by atoms with van der Waals surface area (Å²) >= 11 is 1.23. The van der Waals surface area contributed by atoms with Crippen LogP contribution < -0.4 is 11.1 Å². The Labute approximate surface area is 59.4 Å². The van der Waals surface area contributed by atoms with Gasteiger partial charge in [-0.15, -0.1) is 0 Å². The molecule has 0 rings (SSSR count). The van der Waals surface area contributed by atoms with Crippen molar-refractivity contribution in [2.75, 3.05) is 18.8 Å². The first kappa shape index (κ1) is 8.78. The molecule has 0 heterocycles. The van der Waals surface area contributed by atoms with Gasteiger partial charge in [0.05, 0.1) is 0 Å². The first-order chi connectivity index (χ1) is 4.31. The number of thioether (sulfide) groups is 1. The van der Waals surface area contributed by atoms with E-state index in [2.05, 4.69) is 5.32 Å². The average molecular weight is 148 g/mol. The normalized spacial score (nSPS) is 9.11. The van der Waals surface area contributed by atoms with Crippen LogP contribution in [-0.2, 0) is 0 Å². The van der Waals surface area contributed by atoms with Gasteiger partial charge in [-0.3, -0.25) is 4.79 Å². The Morgan fingerprint density at radius 2 is 2.44 bits per heavy atom. The van der Waals surface area contributed by atoms with Gasteiger partial charge < -0.3 is 11.1 Å². The predicted octanol–water partition coefficient (Wildman–Crippen LogP) is 0.408. The summed E-state index contributed by atoms with van der Waals surface area (Å²) in [6.45, 7) is 3.14. The minimum atomic E-state index is 0.0166. The highest BCUT2D eigenvalue weighted by Gasteiger charge is 1.95. The number of hydrogen-bond acceptors (Lipinski definition) is 3. The van der Waals surface area contributed by atoms with E-state index in [1.54, 1.807) is 0 Å². The van der Waals surface area contributed by atoms with Crippen molar-refractivity contribution in [3.8, 4) is 0 Å². The fourth-order valence-corrected chi connectivity index (χ4v) is 0.897. The van der Waals surface area contributed by atoms with E-state index in [-0.39, 0.29) is 5.24 Å².